The summed E-state index contributed by atoms with van der Waals surface area (Å²) in [6.07, 6.45) is 2.06. The fourth-order valence-electron chi connectivity index (χ4n) is 1.88. The van der Waals surface area contributed by atoms with Crippen LogP contribution in [0, 0.1) is 6.92 Å². The van der Waals surface area contributed by atoms with E-state index < -0.39 is 17.1 Å². The first-order valence-corrected chi connectivity index (χ1v) is 5.96. The van der Waals surface area contributed by atoms with E-state index in [0.717, 1.165) is 11.3 Å². The van der Waals surface area contributed by atoms with Gasteiger partial charge >= 0.3 is 5.97 Å². The van der Waals surface area contributed by atoms with E-state index in [1.165, 1.54) is 4.68 Å². The number of nitrogens with zero attached hydrogens (tertiary/aromatic N) is 2. The number of rotatable bonds is 3. The van der Waals surface area contributed by atoms with Gasteiger partial charge in [0.25, 0.3) is 0 Å². The lowest BCUT2D eigenvalue weighted by Crippen LogP contribution is -2.24. The van der Waals surface area contributed by atoms with Crippen LogP contribution in [0.4, 0.5) is 0 Å². The van der Waals surface area contributed by atoms with Crippen molar-refractivity contribution in [1.82, 2.24) is 9.78 Å². The summed E-state index contributed by atoms with van der Waals surface area (Å²) >= 11 is 0. The third kappa shape index (κ3) is 2.40. The quantitative estimate of drug-likeness (QED) is 0.911. The van der Waals surface area contributed by atoms with Gasteiger partial charge in [-0.3, -0.25) is 4.79 Å². The van der Waals surface area contributed by atoms with Crippen molar-refractivity contribution >= 4 is 5.97 Å². The Hall–Kier alpha value is -2.43. The number of carboxylic acid groups (broad SMARTS) is 1. The van der Waals surface area contributed by atoms with Crippen LogP contribution in [0.5, 0.6) is 0 Å². The number of aryl methyl sites for hydroxylation is 2. The van der Waals surface area contributed by atoms with Crippen molar-refractivity contribution in [2.24, 2.45) is 0 Å². The lowest BCUT2D eigenvalue weighted by Gasteiger charge is -2.10. The normalized spacial score (nSPS) is 10.4. The van der Waals surface area contributed by atoms with Crippen molar-refractivity contribution in [3.05, 3.63) is 57.5 Å². The molecule has 98 valence electrons. The molecule has 5 nitrogen and oxygen atoms in total. The summed E-state index contributed by atoms with van der Waals surface area (Å²) in [5.41, 5.74) is 1.20. The summed E-state index contributed by atoms with van der Waals surface area (Å²) in [5, 5.41) is 13.0. The Balaban J connectivity index is 2.72. The van der Waals surface area contributed by atoms with Crippen LogP contribution >= 0.6 is 0 Å². The third-order valence-electron chi connectivity index (χ3n) is 2.94. The van der Waals surface area contributed by atoms with Crippen LogP contribution in [0.25, 0.3) is 5.69 Å². The van der Waals surface area contributed by atoms with Gasteiger partial charge in [0, 0.05) is 11.8 Å². The van der Waals surface area contributed by atoms with Crippen LogP contribution in [0.15, 0.2) is 35.3 Å². The SMILES string of the molecule is CCc1cn(-c2ccccc2C)nc(C(=O)O)c1=O. The molecule has 1 heterocycles. The Morgan fingerprint density at radius 1 is 1.37 bits per heavy atom. The molecule has 0 spiro atoms. The van der Waals surface area contributed by atoms with Gasteiger partial charge in [-0.15, -0.1) is 0 Å². The predicted molar refractivity (Wildman–Crippen MR) is 70.9 cm³/mol. The molecule has 0 bridgehead atoms. The molecule has 1 aromatic heterocycles. The summed E-state index contributed by atoms with van der Waals surface area (Å²) in [4.78, 5) is 22.9. The average molecular weight is 258 g/mol. The molecule has 0 radical (unpaired) electrons. The number of hydrogen-bond donors (Lipinski definition) is 1. The van der Waals surface area contributed by atoms with Gasteiger partial charge in [0.1, 0.15) is 0 Å². The van der Waals surface area contributed by atoms with Crippen molar-refractivity contribution < 1.29 is 9.90 Å². The van der Waals surface area contributed by atoms with Crippen molar-refractivity contribution in [3.63, 3.8) is 0 Å². The average Bonchev–Trinajstić information content (AvgIpc) is 2.39. The van der Waals surface area contributed by atoms with Crippen LogP contribution in [0.2, 0.25) is 0 Å². The molecular weight excluding hydrogens is 244 g/mol. The summed E-state index contributed by atoms with van der Waals surface area (Å²) in [7, 11) is 0. The third-order valence-corrected chi connectivity index (χ3v) is 2.94. The predicted octanol–water partition coefficient (Wildman–Crippen LogP) is 1.80. The number of carboxylic acids is 1. The molecule has 1 aromatic carbocycles. The highest BCUT2D eigenvalue weighted by Crippen LogP contribution is 2.12. The second-order valence-corrected chi connectivity index (χ2v) is 4.22. The summed E-state index contributed by atoms with van der Waals surface area (Å²) in [6, 6.07) is 7.47. The highest BCUT2D eigenvalue weighted by molar-refractivity contribution is 5.85. The van der Waals surface area contributed by atoms with E-state index in [1.807, 2.05) is 38.1 Å². The molecule has 0 saturated carbocycles. The standard InChI is InChI=1S/C14H14N2O3/c1-3-10-8-16(11-7-5-4-6-9(11)2)15-12(13(10)17)14(18)19/h4-8H,3H2,1-2H3,(H,18,19). The molecule has 0 aliphatic heterocycles. The molecule has 2 aromatic rings. The minimum absolute atomic E-state index is 0.440. The minimum atomic E-state index is -1.30. The Morgan fingerprint density at radius 3 is 2.63 bits per heavy atom. The molecule has 1 N–H and O–H groups in total. The molecular formula is C14H14N2O3. The summed E-state index contributed by atoms with van der Waals surface area (Å²) < 4.78 is 1.46. The zero-order chi connectivity index (χ0) is 14.0. The number of carbonyl (C=O) groups is 1. The number of benzene rings is 1. The summed E-state index contributed by atoms with van der Waals surface area (Å²) in [5.74, 6) is -1.30. The van der Waals surface area contributed by atoms with Gasteiger partial charge in [0.2, 0.25) is 11.1 Å². The lowest BCUT2D eigenvalue weighted by atomic mass is 10.1. The minimum Gasteiger partial charge on any atom is -0.476 e. The van der Waals surface area contributed by atoms with Gasteiger partial charge in [-0.25, -0.2) is 9.48 Å². The van der Waals surface area contributed by atoms with E-state index in [2.05, 4.69) is 5.10 Å². The van der Waals surface area contributed by atoms with Gasteiger partial charge in [-0.05, 0) is 25.0 Å². The van der Waals surface area contributed by atoms with Gasteiger partial charge in [0.15, 0.2) is 0 Å². The van der Waals surface area contributed by atoms with Gasteiger partial charge in [0.05, 0.1) is 5.69 Å². The van der Waals surface area contributed by atoms with E-state index in [-0.39, 0.29) is 0 Å². The smallest absolute Gasteiger partial charge is 0.360 e. The van der Waals surface area contributed by atoms with Gasteiger partial charge in [-0.2, -0.15) is 5.10 Å². The molecule has 0 aliphatic carbocycles. The second-order valence-electron chi connectivity index (χ2n) is 4.22. The first-order valence-electron chi connectivity index (χ1n) is 5.96. The van der Waals surface area contributed by atoms with E-state index in [9.17, 15) is 9.59 Å². The fraction of sp³-hybridized carbons (Fsp3) is 0.214. The highest BCUT2D eigenvalue weighted by Gasteiger charge is 2.15. The van der Waals surface area contributed by atoms with Crippen LogP contribution in [0.3, 0.4) is 0 Å². The fourth-order valence-corrected chi connectivity index (χ4v) is 1.88. The number of aromatic nitrogens is 2. The number of para-hydroxylation sites is 1. The monoisotopic (exact) mass is 258 g/mol. The summed E-state index contributed by atoms with van der Waals surface area (Å²) in [6.45, 7) is 3.71. The van der Waals surface area contributed by atoms with Crippen LogP contribution in [-0.2, 0) is 6.42 Å². The van der Waals surface area contributed by atoms with Crippen LogP contribution < -0.4 is 5.43 Å². The number of aromatic carboxylic acids is 1. The Morgan fingerprint density at radius 2 is 2.05 bits per heavy atom. The Kier molecular flexibility index (Phi) is 3.46. The first-order chi connectivity index (χ1) is 9.04. The number of hydrogen-bond acceptors (Lipinski definition) is 3. The van der Waals surface area contributed by atoms with E-state index in [1.54, 1.807) is 6.20 Å². The maximum atomic E-state index is 11.9. The van der Waals surface area contributed by atoms with Crippen LogP contribution in [0.1, 0.15) is 28.5 Å². The molecule has 0 fully saturated rings. The maximum absolute atomic E-state index is 11.9. The lowest BCUT2D eigenvalue weighted by molar-refractivity contribution is 0.0686. The van der Waals surface area contributed by atoms with Gasteiger partial charge < -0.3 is 5.11 Å². The zero-order valence-electron chi connectivity index (χ0n) is 10.8. The van der Waals surface area contributed by atoms with E-state index in [4.69, 9.17) is 5.11 Å². The van der Waals surface area contributed by atoms with Crippen molar-refractivity contribution in [2.45, 2.75) is 20.3 Å². The molecule has 5 heteroatoms. The molecule has 0 aliphatic rings. The highest BCUT2D eigenvalue weighted by atomic mass is 16.4. The maximum Gasteiger partial charge on any atom is 0.360 e. The van der Waals surface area contributed by atoms with Crippen molar-refractivity contribution in [3.8, 4) is 5.69 Å². The molecule has 19 heavy (non-hydrogen) atoms. The van der Waals surface area contributed by atoms with Crippen LogP contribution in [-0.4, -0.2) is 20.9 Å². The zero-order valence-corrected chi connectivity index (χ0v) is 10.8. The molecule has 0 unspecified atom stereocenters. The molecule has 2 rings (SSSR count). The van der Waals surface area contributed by atoms with Gasteiger partial charge in [-0.1, -0.05) is 25.1 Å². The second kappa shape index (κ2) is 5.06. The van der Waals surface area contributed by atoms with E-state index in [0.29, 0.717) is 12.0 Å². The topological polar surface area (TPSA) is 72.2 Å². The Labute approximate surface area is 110 Å². The molecule has 0 saturated heterocycles. The molecule has 0 amide bonds. The largest absolute Gasteiger partial charge is 0.476 e. The Bertz CT molecular complexity index is 689. The van der Waals surface area contributed by atoms with Crippen molar-refractivity contribution in [1.29, 1.82) is 0 Å². The van der Waals surface area contributed by atoms with Crippen molar-refractivity contribution in [2.75, 3.05) is 0 Å². The van der Waals surface area contributed by atoms with E-state index >= 15 is 0 Å². The first kappa shape index (κ1) is 13.0. The molecule has 0 atom stereocenters.